The van der Waals surface area contributed by atoms with Crippen LogP contribution in [0, 0.1) is 0 Å². The number of unbranched alkanes of at least 4 members (excludes halogenated alkanes) is 2. The SMILES string of the molecule is CCCCOc1cccc2c(=O)c3cc4c(cc3[nH]c12)c(=O)c1cccc(OCCCC)c1n4CC. The summed E-state index contributed by atoms with van der Waals surface area (Å²) in [7, 11) is 0. The minimum absolute atomic E-state index is 0.0685. The summed E-state index contributed by atoms with van der Waals surface area (Å²) in [5.74, 6) is 1.35. The van der Waals surface area contributed by atoms with E-state index in [9.17, 15) is 9.59 Å². The Hall–Kier alpha value is -3.80. The molecule has 0 aliphatic heterocycles. The topological polar surface area (TPSA) is 73.3 Å². The highest BCUT2D eigenvalue weighted by atomic mass is 16.5. The van der Waals surface area contributed by atoms with E-state index in [0.717, 1.165) is 36.7 Å². The quantitative estimate of drug-likeness (QED) is 0.191. The van der Waals surface area contributed by atoms with Crippen LogP contribution in [0.1, 0.15) is 46.5 Å². The molecule has 36 heavy (non-hydrogen) atoms. The average molecular weight is 485 g/mol. The van der Waals surface area contributed by atoms with Crippen LogP contribution >= 0.6 is 0 Å². The molecule has 2 heterocycles. The molecule has 3 aromatic carbocycles. The lowest BCUT2D eigenvalue weighted by atomic mass is 10.0. The third kappa shape index (κ3) is 4.00. The Labute approximate surface area is 209 Å². The molecule has 0 aliphatic rings. The minimum atomic E-state index is -0.0794. The summed E-state index contributed by atoms with van der Waals surface area (Å²) in [6, 6.07) is 14.8. The first-order valence-corrected chi connectivity index (χ1v) is 12.9. The number of hydrogen-bond donors (Lipinski definition) is 1. The van der Waals surface area contributed by atoms with Crippen LogP contribution < -0.4 is 20.3 Å². The highest BCUT2D eigenvalue weighted by molar-refractivity contribution is 6.04. The zero-order valence-corrected chi connectivity index (χ0v) is 21.1. The van der Waals surface area contributed by atoms with E-state index < -0.39 is 0 Å². The van der Waals surface area contributed by atoms with Crippen LogP contribution in [0.4, 0.5) is 0 Å². The van der Waals surface area contributed by atoms with Gasteiger partial charge >= 0.3 is 0 Å². The fraction of sp³-hybridized carbons (Fsp3) is 0.333. The molecule has 0 radical (unpaired) electrons. The van der Waals surface area contributed by atoms with E-state index >= 15 is 0 Å². The predicted octanol–water partition coefficient (Wildman–Crippen LogP) is 6.53. The Morgan fingerprint density at radius 3 is 2.08 bits per heavy atom. The second-order valence-electron chi connectivity index (χ2n) is 9.18. The van der Waals surface area contributed by atoms with Crippen LogP contribution in [-0.4, -0.2) is 22.8 Å². The Morgan fingerprint density at radius 1 is 0.750 bits per heavy atom. The number of aromatic nitrogens is 2. The number of aromatic amines is 1. The minimum Gasteiger partial charge on any atom is -0.491 e. The number of H-pyrrole nitrogens is 1. The second-order valence-corrected chi connectivity index (χ2v) is 9.18. The molecule has 0 amide bonds. The van der Waals surface area contributed by atoms with E-state index in [4.69, 9.17) is 9.47 Å². The Kier molecular flexibility index (Phi) is 6.68. The summed E-state index contributed by atoms with van der Waals surface area (Å²) in [4.78, 5) is 30.7. The second kappa shape index (κ2) is 10.1. The molecule has 2 aromatic heterocycles. The molecule has 0 saturated heterocycles. The van der Waals surface area contributed by atoms with Gasteiger partial charge in [-0.3, -0.25) is 9.59 Å². The van der Waals surface area contributed by atoms with E-state index in [1.165, 1.54) is 0 Å². The number of fused-ring (bicyclic) bond motifs is 4. The van der Waals surface area contributed by atoms with Crippen molar-refractivity contribution in [2.24, 2.45) is 0 Å². The summed E-state index contributed by atoms with van der Waals surface area (Å²) in [6.45, 7) is 8.09. The molecule has 0 fully saturated rings. The van der Waals surface area contributed by atoms with Gasteiger partial charge in [0.15, 0.2) is 10.9 Å². The standard InChI is InChI=1S/C30H32N2O4/c1-4-7-15-35-25-13-9-11-19-27(25)31-23-17-22-24(18-21(23)29(19)33)32(6-3)28-20(30(22)34)12-10-14-26(28)36-16-8-5-2/h9-14,17-18H,4-8,15-16H2,1-3H3,(H,31,33). The maximum Gasteiger partial charge on any atom is 0.197 e. The molecule has 5 rings (SSSR count). The molecule has 6 heteroatoms. The Morgan fingerprint density at radius 2 is 1.39 bits per heavy atom. The van der Waals surface area contributed by atoms with Crippen molar-refractivity contribution < 1.29 is 9.47 Å². The van der Waals surface area contributed by atoms with Gasteiger partial charge in [-0.05, 0) is 56.2 Å². The smallest absolute Gasteiger partial charge is 0.197 e. The maximum atomic E-state index is 13.7. The van der Waals surface area contributed by atoms with Crippen LogP contribution in [0.3, 0.4) is 0 Å². The van der Waals surface area contributed by atoms with Gasteiger partial charge in [0.1, 0.15) is 11.5 Å². The van der Waals surface area contributed by atoms with Crippen molar-refractivity contribution in [2.45, 2.75) is 53.0 Å². The Bertz CT molecular complexity index is 1700. The fourth-order valence-corrected chi connectivity index (χ4v) is 4.88. The number of hydrogen-bond acceptors (Lipinski definition) is 4. The molecule has 0 atom stereocenters. The van der Waals surface area contributed by atoms with Crippen molar-refractivity contribution in [3.63, 3.8) is 0 Å². The predicted molar refractivity (Wildman–Crippen MR) is 148 cm³/mol. The molecule has 0 spiro atoms. The van der Waals surface area contributed by atoms with Gasteiger partial charge in [-0.1, -0.05) is 38.8 Å². The molecule has 0 unspecified atom stereocenters. The van der Waals surface area contributed by atoms with Gasteiger partial charge in [0, 0.05) is 22.7 Å². The van der Waals surface area contributed by atoms with Gasteiger partial charge in [0.2, 0.25) is 0 Å². The molecule has 6 nitrogen and oxygen atoms in total. The van der Waals surface area contributed by atoms with Crippen molar-refractivity contribution in [1.29, 1.82) is 0 Å². The van der Waals surface area contributed by atoms with Crippen LogP contribution in [-0.2, 0) is 6.54 Å². The number of ether oxygens (including phenoxy) is 2. The summed E-state index contributed by atoms with van der Waals surface area (Å²) >= 11 is 0. The molecular formula is C30H32N2O4. The van der Waals surface area contributed by atoms with Gasteiger partial charge in [-0.15, -0.1) is 0 Å². The maximum absolute atomic E-state index is 13.7. The largest absolute Gasteiger partial charge is 0.491 e. The van der Waals surface area contributed by atoms with E-state index in [0.29, 0.717) is 63.8 Å². The van der Waals surface area contributed by atoms with Crippen molar-refractivity contribution >= 4 is 43.6 Å². The van der Waals surface area contributed by atoms with Crippen molar-refractivity contribution in [3.8, 4) is 11.5 Å². The molecule has 186 valence electrons. The lowest BCUT2D eigenvalue weighted by Gasteiger charge is -2.17. The lowest BCUT2D eigenvalue weighted by Crippen LogP contribution is -2.14. The van der Waals surface area contributed by atoms with Crippen molar-refractivity contribution in [2.75, 3.05) is 13.2 Å². The normalized spacial score (nSPS) is 11.6. The van der Waals surface area contributed by atoms with E-state index in [1.54, 1.807) is 0 Å². The number of benzene rings is 3. The molecule has 0 bridgehead atoms. The molecular weight excluding hydrogens is 452 g/mol. The third-order valence-electron chi connectivity index (χ3n) is 6.79. The summed E-state index contributed by atoms with van der Waals surface area (Å²) in [5.41, 5.74) is 2.64. The first kappa shape index (κ1) is 23.9. The first-order chi connectivity index (χ1) is 17.6. The van der Waals surface area contributed by atoms with Crippen LogP contribution in [0.2, 0.25) is 0 Å². The van der Waals surface area contributed by atoms with Crippen LogP contribution in [0.25, 0.3) is 43.6 Å². The Balaban J connectivity index is 1.81. The summed E-state index contributed by atoms with van der Waals surface area (Å²) in [5, 5.41) is 2.31. The van der Waals surface area contributed by atoms with Gasteiger partial charge in [0.05, 0.1) is 40.7 Å². The number of nitrogens with zero attached hydrogens (tertiary/aromatic N) is 1. The highest BCUT2D eigenvalue weighted by Crippen LogP contribution is 2.31. The van der Waals surface area contributed by atoms with Gasteiger partial charge in [0.25, 0.3) is 0 Å². The summed E-state index contributed by atoms with van der Waals surface area (Å²) < 4.78 is 14.1. The number of pyridine rings is 2. The molecule has 0 saturated carbocycles. The van der Waals surface area contributed by atoms with Gasteiger partial charge in [-0.25, -0.2) is 0 Å². The number of aryl methyl sites for hydroxylation is 1. The van der Waals surface area contributed by atoms with E-state index in [1.807, 2.05) is 55.5 Å². The number of rotatable bonds is 9. The first-order valence-electron chi connectivity index (χ1n) is 12.9. The number of para-hydroxylation sites is 2. The van der Waals surface area contributed by atoms with Crippen LogP contribution in [0.15, 0.2) is 58.1 Å². The third-order valence-corrected chi connectivity index (χ3v) is 6.79. The fourth-order valence-electron chi connectivity index (χ4n) is 4.88. The lowest BCUT2D eigenvalue weighted by molar-refractivity contribution is 0.311. The highest BCUT2D eigenvalue weighted by Gasteiger charge is 2.17. The van der Waals surface area contributed by atoms with Crippen molar-refractivity contribution in [1.82, 2.24) is 9.55 Å². The average Bonchev–Trinajstić information content (AvgIpc) is 2.89. The van der Waals surface area contributed by atoms with Gasteiger partial charge in [-0.2, -0.15) is 0 Å². The number of nitrogens with one attached hydrogen (secondary N) is 1. The molecule has 5 aromatic rings. The monoisotopic (exact) mass is 484 g/mol. The van der Waals surface area contributed by atoms with E-state index in [2.05, 4.69) is 23.4 Å². The van der Waals surface area contributed by atoms with Crippen LogP contribution in [0.5, 0.6) is 11.5 Å². The summed E-state index contributed by atoms with van der Waals surface area (Å²) in [6.07, 6.45) is 3.94. The molecule has 0 aliphatic carbocycles. The van der Waals surface area contributed by atoms with E-state index in [-0.39, 0.29) is 10.9 Å². The van der Waals surface area contributed by atoms with Crippen molar-refractivity contribution in [3.05, 3.63) is 69.0 Å². The zero-order chi connectivity index (χ0) is 25.2. The van der Waals surface area contributed by atoms with Gasteiger partial charge < -0.3 is 19.0 Å². The zero-order valence-electron chi connectivity index (χ0n) is 21.1. The molecule has 1 N–H and O–H groups in total.